The maximum absolute atomic E-state index is 14.1. The van der Waals surface area contributed by atoms with Crippen LogP contribution in [0.15, 0.2) is 52.8 Å². The van der Waals surface area contributed by atoms with E-state index >= 15 is 0 Å². The minimum absolute atomic E-state index is 0. The molecule has 1 aromatic heterocycles. The van der Waals surface area contributed by atoms with Crippen molar-refractivity contribution < 1.29 is 27.4 Å². The monoisotopic (exact) mass is 506 g/mol. The van der Waals surface area contributed by atoms with Gasteiger partial charge in [0.1, 0.15) is 0 Å². The molecule has 0 aliphatic rings. The Hall–Kier alpha value is -2.17. The van der Waals surface area contributed by atoms with Gasteiger partial charge in [0.15, 0.2) is 16.4 Å². The van der Waals surface area contributed by atoms with E-state index in [9.17, 15) is 22.7 Å². The van der Waals surface area contributed by atoms with Gasteiger partial charge in [0, 0.05) is 24.1 Å². The van der Waals surface area contributed by atoms with Crippen LogP contribution >= 0.6 is 28.3 Å². The van der Waals surface area contributed by atoms with Crippen LogP contribution in [0.25, 0.3) is 11.3 Å². The Kier molecular flexibility index (Phi) is 8.22. The molecular weight excluding hydrogens is 488 g/mol. The fraction of sp³-hybridized carbons (Fsp3) is 0.250. The SMILES string of the molecule is Br.COc1ccc(-c2csc(=Nc3cccc(C(F)(F)F)c3)n2CCCO)cc1F. The average Bonchev–Trinajstić information content (AvgIpc) is 3.08. The van der Waals surface area contributed by atoms with Gasteiger partial charge in [-0.15, -0.1) is 28.3 Å². The molecule has 4 nitrogen and oxygen atoms in total. The number of rotatable bonds is 6. The molecule has 2 aromatic carbocycles. The first-order valence-corrected chi connectivity index (χ1v) is 9.56. The minimum atomic E-state index is -4.46. The van der Waals surface area contributed by atoms with Crippen LogP contribution in [0.3, 0.4) is 0 Å². The number of thiazole rings is 1. The van der Waals surface area contributed by atoms with E-state index in [1.165, 1.54) is 42.7 Å². The van der Waals surface area contributed by atoms with E-state index in [0.29, 0.717) is 29.0 Å². The highest BCUT2D eigenvalue weighted by molar-refractivity contribution is 8.93. The van der Waals surface area contributed by atoms with Crippen molar-refractivity contribution in [2.45, 2.75) is 19.1 Å². The highest BCUT2D eigenvalue weighted by Gasteiger charge is 2.30. The highest BCUT2D eigenvalue weighted by atomic mass is 79.9. The van der Waals surface area contributed by atoms with Crippen molar-refractivity contribution in [3.05, 3.63) is 64.0 Å². The van der Waals surface area contributed by atoms with Gasteiger partial charge >= 0.3 is 6.18 Å². The lowest BCUT2D eigenvalue weighted by Gasteiger charge is -2.10. The smallest absolute Gasteiger partial charge is 0.416 e. The van der Waals surface area contributed by atoms with Gasteiger partial charge in [-0.25, -0.2) is 9.38 Å². The molecule has 0 radical (unpaired) electrons. The topological polar surface area (TPSA) is 46.8 Å². The molecule has 1 heterocycles. The molecule has 0 fully saturated rings. The number of methoxy groups -OCH3 is 1. The predicted molar refractivity (Wildman–Crippen MR) is 113 cm³/mol. The number of nitrogens with zero attached hydrogens (tertiary/aromatic N) is 2. The predicted octanol–water partition coefficient (Wildman–Crippen LogP) is 5.58. The second kappa shape index (κ2) is 10.2. The third-order valence-electron chi connectivity index (χ3n) is 4.18. The first kappa shape index (κ1) is 24.1. The molecule has 0 amide bonds. The summed E-state index contributed by atoms with van der Waals surface area (Å²) in [7, 11) is 1.37. The molecule has 0 bridgehead atoms. The molecule has 3 aromatic rings. The van der Waals surface area contributed by atoms with Crippen LogP contribution in [0.2, 0.25) is 0 Å². The van der Waals surface area contributed by atoms with E-state index < -0.39 is 17.6 Å². The summed E-state index contributed by atoms with van der Waals surface area (Å²) in [6.45, 7) is 0.309. The number of hydrogen-bond acceptors (Lipinski definition) is 4. The number of benzene rings is 2. The van der Waals surface area contributed by atoms with Gasteiger partial charge in [0.05, 0.1) is 24.1 Å². The van der Waals surface area contributed by atoms with Crippen molar-refractivity contribution >= 4 is 34.0 Å². The Morgan fingerprint density at radius 1 is 1.17 bits per heavy atom. The fourth-order valence-electron chi connectivity index (χ4n) is 2.78. The van der Waals surface area contributed by atoms with E-state index in [1.807, 2.05) is 0 Å². The van der Waals surface area contributed by atoms with Crippen LogP contribution in [-0.2, 0) is 12.7 Å². The number of halogens is 5. The summed E-state index contributed by atoms with van der Waals surface area (Å²) >= 11 is 1.23. The second-order valence-corrected chi connectivity index (χ2v) is 6.98. The summed E-state index contributed by atoms with van der Waals surface area (Å²) in [5.74, 6) is -0.416. The summed E-state index contributed by atoms with van der Waals surface area (Å²) in [4.78, 5) is 4.80. The molecule has 30 heavy (non-hydrogen) atoms. The van der Waals surface area contributed by atoms with E-state index in [2.05, 4.69) is 4.99 Å². The molecule has 3 rings (SSSR count). The maximum atomic E-state index is 14.1. The zero-order chi connectivity index (χ0) is 21.0. The van der Waals surface area contributed by atoms with E-state index in [0.717, 1.165) is 12.1 Å². The molecule has 0 saturated heterocycles. The van der Waals surface area contributed by atoms with Crippen molar-refractivity contribution in [2.24, 2.45) is 4.99 Å². The van der Waals surface area contributed by atoms with Gasteiger partial charge in [0.25, 0.3) is 0 Å². The molecule has 0 unspecified atom stereocenters. The standard InChI is InChI=1S/C20H18F4N2O2S.BrH/c1-28-18-7-6-13(10-16(18)21)17-12-29-19(26(17)8-3-9-27)25-15-5-2-4-14(11-15)20(22,23)24;/h2,4-7,10-12,27H,3,8-9H2,1H3;1H. The van der Waals surface area contributed by atoms with Gasteiger partial charge in [-0.1, -0.05) is 6.07 Å². The van der Waals surface area contributed by atoms with Gasteiger partial charge in [-0.3, -0.25) is 0 Å². The fourth-order valence-corrected chi connectivity index (χ4v) is 3.74. The number of hydrogen-bond donors (Lipinski definition) is 1. The molecular formula is C20H19BrF4N2O2S. The van der Waals surface area contributed by atoms with Crippen LogP contribution in [0, 0.1) is 5.82 Å². The lowest BCUT2D eigenvalue weighted by atomic mass is 10.1. The third-order valence-corrected chi connectivity index (χ3v) is 5.05. The van der Waals surface area contributed by atoms with Crippen molar-refractivity contribution in [2.75, 3.05) is 13.7 Å². The minimum Gasteiger partial charge on any atom is -0.494 e. The van der Waals surface area contributed by atoms with Gasteiger partial charge in [-0.05, 0) is 42.8 Å². The van der Waals surface area contributed by atoms with Crippen LogP contribution in [-0.4, -0.2) is 23.4 Å². The van der Waals surface area contributed by atoms with E-state index in [-0.39, 0.29) is 35.0 Å². The van der Waals surface area contributed by atoms with Crippen LogP contribution < -0.4 is 9.54 Å². The number of aliphatic hydroxyl groups is 1. The lowest BCUT2D eigenvalue weighted by molar-refractivity contribution is -0.137. The van der Waals surface area contributed by atoms with Crippen molar-refractivity contribution in [3.8, 4) is 17.0 Å². The molecule has 0 aliphatic heterocycles. The Morgan fingerprint density at radius 3 is 2.57 bits per heavy atom. The first-order valence-electron chi connectivity index (χ1n) is 8.68. The van der Waals surface area contributed by atoms with Crippen molar-refractivity contribution in [1.82, 2.24) is 4.57 Å². The molecule has 0 aliphatic carbocycles. The number of aliphatic hydroxyl groups excluding tert-OH is 1. The average molecular weight is 507 g/mol. The van der Waals surface area contributed by atoms with Crippen molar-refractivity contribution in [1.29, 1.82) is 0 Å². The lowest BCUT2D eigenvalue weighted by Crippen LogP contribution is -2.16. The highest BCUT2D eigenvalue weighted by Crippen LogP contribution is 2.31. The second-order valence-electron chi connectivity index (χ2n) is 6.14. The van der Waals surface area contributed by atoms with Gasteiger partial charge in [0.2, 0.25) is 0 Å². The normalized spacial score (nSPS) is 12.0. The number of alkyl halides is 3. The van der Waals surface area contributed by atoms with E-state index in [4.69, 9.17) is 4.74 Å². The Bertz CT molecular complexity index is 1060. The number of ether oxygens (including phenoxy) is 1. The molecule has 10 heteroatoms. The van der Waals surface area contributed by atoms with Crippen molar-refractivity contribution in [3.63, 3.8) is 0 Å². The summed E-state index contributed by atoms with van der Waals surface area (Å²) in [6.07, 6.45) is -4.04. The zero-order valence-electron chi connectivity index (χ0n) is 15.8. The maximum Gasteiger partial charge on any atom is 0.416 e. The summed E-state index contributed by atoms with van der Waals surface area (Å²) < 4.78 is 59.7. The van der Waals surface area contributed by atoms with Crippen LogP contribution in [0.5, 0.6) is 5.75 Å². The summed E-state index contributed by atoms with van der Waals surface area (Å²) in [6, 6.07) is 9.26. The van der Waals surface area contributed by atoms with E-state index in [1.54, 1.807) is 16.0 Å². The van der Waals surface area contributed by atoms with Crippen LogP contribution in [0.1, 0.15) is 12.0 Å². The van der Waals surface area contributed by atoms with Crippen LogP contribution in [0.4, 0.5) is 23.2 Å². The Morgan fingerprint density at radius 2 is 1.93 bits per heavy atom. The summed E-state index contributed by atoms with van der Waals surface area (Å²) in [5.41, 5.74) is 0.597. The van der Waals surface area contributed by atoms with Gasteiger partial charge < -0.3 is 14.4 Å². The quantitative estimate of drug-likeness (QED) is 0.444. The molecule has 0 spiro atoms. The first-order chi connectivity index (χ1) is 13.8. The molecule has 1 N–H and O–H groups in total. The molecule has 0 saturated carbocycles. The number of aromatic nitrogens is 1. The zero-order valence-corrected chi connectivity index (χ0v) is 18.3. The largest absolute Gasteiger partial charge is 0.494 e. The summed E-state index contributed by atoms with van der Waals surface area (Å²) in [5, 5.41) is 11.0. The Balaban J connectivity index is 0.00000320. The molecule has 162 valence electrons. The Labute approximate surface area is 184 Å². The van der Waals surface area contributed by atoms with Gasteiger partial charge in [-0.2, -0.15) is 13.2 Å². The molecule has 0 atom stereocenters. The third kappa shape index (κ3) is 5.50.